The van der Waals surface area contributed by atoms with Crippen LogP contribution >= 0.6 is 52.3 Å². The Hall–Kier alpha value is 0.290. The van der Waals surface area contributed by atoms with Gasteiger partial charge in [-0.2, -0.15) is 0 Å². The lowest BCUT2D eigenvalue weighted by molar-refractivity contribution is 0.0842. The number of phenols is 1. The van der Waals surface area contributed by atoms with Gasteiger partial charge in [-0.15, -0.1) is 24.8 Å². The van der Waals surface area contributed by atoms with Crippen molar-refractivity contribution in [2.24, 2.45) is 5.41 Å². The highest BCUT2D eigenvalue weighted by atomic mass is 79.9. The van der Waals surface area contributed by atoms with Gasteiger partial charge in [-0.3, -0.25) is 4.90 Å². The molecule has 3 nitrogen and oxygen atoms in total. The SMILES string of the molecule is CC(C)(C)[C@@H](c1cc(Cl)cc(Br)c1O)N1CCNCC1.Cl.Cl. The minimum Gasteiger partial charge on any atom is -0.506 e. The van der Waals surface area contributed by atoms with Gasteiger partial charge in [-0.05, 0) is 33.5 Å². The van der Waals surface area contributed by atoms with E-state index in [1.165, 1.54) is 0 Å². The van der Waals surface area contributed by atoms with Crippen LogP contribution in [0.4, 0.5) is 0 Å². The van der Waals surface area contributed by atoms with Gasteiger partial charge >= 0.3 is 0 Å². The van der Waals surface area contributed by atoms with Gasteiger partial charge in [0.15, 0.2) is 0 Å². The van der Waals surface area contributed by atoms with Crippen molar-refractivity contribution in [3.8, 4) is 5.75 Å². The number of hydrogen-bond acceptors (Lipinski definition) is 3. The number of hydrogen-bond donors (Lipinski definition) is 2. The first-order valence-corrected chi connectivity index (χ1v) is 8.10. The Balaban J connectivity index is 0.00000220. The Morgan fingerprint density at radius 2 is 1.77 bits per heavy atom. The molecule has 0 aromatic heterocycles. The average Bonchev–Trinajstić information content (AvgIpc) is 2.35. The van der Waals surface area contributed by atoms with E-state index in [1.807, 2.05) is 6.07 Å². The molecule has 0 unspecified atom stereocenters. The summed E-state index contributed by atoms with van der Waals surface area (Å²) in [5.74, 6) is 0.299. The molecule has 1 aliphatic rings. The maximum absolute atomic E-state index is 10.4. The third-order valence-electron chi connectivity index (χ3n) is 3.69. The fourth-order valence-corrected chi connectivity index (χ4v) is 3.78. The fourth-order valence-electron chi connectivity index (χ4n) is 2.95. The second-order valence-corrected chi connectivity index (χ2v) is 7.67. The maximum atomic E-state index is 10.4. The summed E-state index contributed by atoms with van der Waals surface area (Å²) in [4.78, 5) is 2.42. The van der Waals surface area contributed by atoms with Crippen molar-refractivity contribution in [2.75, 3.05) is 26.2 Å². The molecule has 22 heavy (non-hydrogen) atoms. The van der Waals surface area contributed by atoms with Gasteiger partial charge in [-0.25, -0.2) is 0 Å². The van der Waals surface area contributed by atoms with Gasteiger partial charge in [0.25, 0.3) is 0 Å². The average molecular weight is 435 g/mol. The summed E-state index contributed by atoms with van der Waals surface area (Å²) in [5, 5.41) is 14.5. The van der Waals surface area contributed by atoms with Crippen molar-refractivity contribution in [1.29, 1.82) is 0 Å². The molecule has 0 saturated carbocycles. The standard InChI is InChI=1S/C15H22BrClN2O.2ClH/c1-15(2,3)14(19-6-4-18-5-7-19)11-8-10(17)9-12(16)13(11)20;;/h8-9,14,18,20H,4-7H2,1-3H3;2*1H/t14-;;/m1../s1. The van der Waals surface area contributed by atoms with Crippen LogP contribution in [0.3, 0.4) is 0 Å². The Kier molecular flexibility index (Phi) is 9.07. The molecule has 0 amide bonds. The third kappa shape index (κ3) is 5.15. The molecule has 1 aliphatic heterocycles. The van der Waals surface area contributed by atoms with Crippen molar-refractivity contribution in [2.45, 2.75) is 26.8 Å². The van der Waals surface area contributed by atoms with E-state index in [-0.39, 0.29) is 36.3 Å². The summed E-state index contributed by atoms with van der Waals surface area (Å²) in [6.45, 7) is 10.5. The summed E-state index contributed by atoms with van der Waals surface area (Å²) in [5.41, 5.74) is 0.914. The van der Waals surface area contributed by atoms with Crippen LogP contribution in [0, 0.1) is 5.41 Å². The molecule has 0 aliphatic carbocycles. The van der Waals surface area contributed by atoms with E-state index in [9.17, 15) is 5.11 Å². The first-order valence-electron chi connectivity index (χ1n) is 6.93. The molecule has 1 aromatic rings. The maximum Gasteiger partial charge on any atom is 0.134 e. The first-order chi connectivity index (χ1) is 9.30. The normalized spacial score (nSPS) is 17.3. The molecule has 128 valence electrons. The zero-order valence-corrected chi connectivity index (χ0v) is 17.0. The second-order valence-electron chi connectivity index (χ2n) is 6.38. The molecule has 0 spiro atoms. The lowest BCUT2D eigenvalue weighted by atomic mass is 9.80. The van der Waals surface area contributed by atoms with Crippen molar-refractivity contribution >= 4 is 52.3 Å². The summed E-state index contributed by atoms with van der Waals surface area (Å²) >= 11 is 9.57. The molecule has 1 heterocycles. The zero-order chi connectivity index (χ0) is 14.9. The van der Waals surface area contributed by atoms with Crippen LogP contribution in [-0.4, -0.2) is 36.2 Å². The van der Waals surface area contributed by atoms with E-state index in [2.05, 4.69) is 46.9 Å². The molecule has 7 heteroatoms. The highest BCUT2D eigenvalue weighted by Crippen LogP contribution is 2.45. The summed E-state index contributed by atoms with van der Waals surface area (Å²) in [7, 11) is 0. The fraction of sp³-hybridized carbons (Fsp3) is 0.600. The minimum absolute atomic E-state index is 0. The first kappa shape index (κ1) is 22.3. The highest BCUT2D eigenvalue weighted by molar-refractivity contribution is 9.10. The van der Waals surface area contributed by atoms with Gasteiger partial charge in [0.05, 0.1) is 4.47 Å². The smallest absolute Gasteiger partial charge is 0.134 e. The molecular weight excluding hydrogens is 410 g/mol. The Morgan fingerprint density at radius 3 is 2.27 bits per heavy atom. The number of aromatic hydroxyl groups is 1. The second kappa shape index (κ2) is 8.95. The molecule has 1 fully saturated rings. The molecule has 2 N–H and O–H groups in total. The van der Waals surface area contributed by atoms with Crippen molar-refractivity contribution in [3.05, 3.63) is 27.2 Å². The number of piperazine rings is 1. The van der Waals surface area contributed by atoms with Crippen LogP contribution in [-0.2, 0) is 0 Å². The number of nitrogens with zero attached hydrogens (tertiary/aromatic N) is 1. The zero-order valence-electron chi connectivity index (χ0n) is 13.0. The number of rotatable bonds is 2. The number of halogens is 4. The van der Waals surface area contributed by atoms with E-state index in [1.54, 1.807) is 6.07 Å². The van der Waals surface area contributed by atoms with Gasteiger partial charge < -0.3 is 10.4 Å². The van der Waals surface area contributed by atoms with Crippen LogP contribution in [0.5, 0.6) is 5.75 Å². The summed E-state index contributed by atoms with van der Waals surface area (Å²) in [6.07, 6.45) is 0. The number of benzene rings is 1. The van der Waals surface area contributed by atoms with Gasteiger partial charge in [-0.1, -0.05) is 32.4 Å². The Morgan fingerprint density at radius 1 is 1.23 bits per heavy atom. The quantitative estimate of drug-likeness (QED) is 0.712. The van der Waals surface area contributed by atoms with Crippen LogP contribution < -0.4 is 5.32 Å². The summed E-state index contributed by atoms with van der Waals surface area (Å²) < 4.78 is 0.657. The van der Waals surface area contributed by atoms with Crippen molar-refractivity contribution < 1.29 is 5.11 Å². The summed E-state index contributed by atoms with van der Waals surface area (Å²) in [6, 6.07) is 3.76. The van der Waals surface area contributed by atoms with E-state index in [0.717, 1.165) is 31.7 Å². The minimum atomic E-state index is 0. The lowest BCUT2D eigenvalue weighted by Crippen LogP contribution is -2.48. The molecule has 1 atom stereocenters. The molecule has 0 radical (unpaired) electrons. The van der Waals surface area contributed by atoms with E-state index in [4.69, 9.17) is 11.6 Å². The van der Waals surface area contributed by atoms with E-state index < -0.39 is 0 Å². The van der Waals surface area contributed by atoms with Crippen LogP contribution in [0.1, 0.15) is 32.4 Å². The van der Waals surface area contributed by atoms with Gasteiger partial charge in [0.2, 0.25) is 0 Å². The van der Waals surface area contributed by atoms with Gasteiger partial charge in [0.1, 0.15) is 5.75 Å². The number of nitrogens with one attached hydrogen (secondary N) is 1. The monoisotopic (exact) mass is 432 g/mol. The molecule has 1 aromatic carbocycles. The third-order valence-corrected chi connectivity index (χ3v) is 4.51. The van der Waals surface area contributed by atoms with Crippen molar-refractivity contribution in [3.63, 3.8) is 0 Å². The van der Waals surface area contributed by atoms with Crippen LogP contribution in [0.15, 0.2) is 16.6 Å². The predicted octanol–water partition coefficient (Wildman–Crippen LogP) is 4.64. The molecule has 0 bridgehead atoms. The highest BCUT2D eigenvalue weighted by Gasteiger charge is 2.34. The number of phenolic OH excluding ortho intramolecular Hbond substituents is 1. The Bertz CT molecular complexity index is 488. The Labute approximate surface area is 158 Å². The molecular formula is C15H24BrCl3N2O. The van der Waals surface area contributed by atoms with E-state index >= 15 is 0 Å². The van der Waals surface area contributed by atoms with Crippen molar-refractivity contribution in [1.82, 2.24) is 10.2 Å². The lowest BCUT2D eigenvalue weighted by Gasteiger charge is -2.43. The van der Waals surface area contributed by atoms with Gasteiger partial charge in [0, 0.05) is 42.8 Å². The van der Waals surface area contributed by atoms with Crippen LogP contribution in [0.2, 0.25) is 5.02 Å². The van der Waals surface area contributed by atoms with E-state index in [0.29, 0.717) is 15.2 Å². The predicted molar refractivity (Wildman–Crippen MR) is 102 cm³/mol. The largest absolute Gasteiger partial charge is 0.506 e. The molecule has 2 rings (SSSR count). The topological polar surface area (TPSA) is 35.5 Å². The molecule has 1 saturated heterocycles. The van der Waals surface area contributed by atoms with Crippen LogP contribution in [0.25, 0.3) is 0 Å².